The van der Waals surface area contributed by atoms with E-state index in [0.717, 1.165) is 24.9 Å². The summed E-state index contributed by atoms with van der Waals surface area (Å²) < 4.78 is 7.23. The van der Waals surface area contributed by atoms with Crippen molar-refractivity contribution in [3.63, 3.8) is 0 Å². The van der Waals surface area contributed by atoms with Crippen molar-refractivity contribution in [1.29, 1.82) is 0 Å². The average Bonchev–Trinajstić information content (AvgIpc) is 2.82. The number of aryl methyl sites for hydroxylation is 2. The van der Waals surface area contributed by atoms with E-state index in [4.69, 9.17) is 10.5 Å². The van der Waals surface area contributed by atoms with Crippen molar-refractivity contribution < 1.29 is 9.53 Å². The van der Waals surface area contributed by atoms with E-state index < -0.39 is 0 Å². The highest BCUT2D eigenvalue weighted by atomic mass is 16.5. The molecule has 0 atom stereocenters. The van der Waals surface area contributed by atoms with Crippen LogP contribution in [0.4, 0.5) is 0 Å². The second-order valence-electron chi connectivity index (χ2n) is 5.75. The Morgan fingerprint density at radius 2 is 2.10 bits per heavy atom. The Morgan fingerprint density at radius 3 is 2.81 bits per heavy atom. The molecule has 4 heteroatoms. The summed E-state index contributed by atoms with van der Waals surface area (Å²) >= 11 is 0. The highest BCUT2D eigenvalue weighted by Gasteiger charge is 2.22. The van der Waals surface area contributed by atoms with Gasteiger partial charge in [0.15, 0.2) is 0 Å². The molecular formula is C17H22N2O2. The molecule has 1 heterocycles. The lowest BCUT2D eigenvalue weighted by atomic mass is 9.94. The van der Waals surface area contributed by atoms with Crippen LogP contribution in [-0.4, -0.2) is 24.2 Å². The van der Waals surface area contributed by atoms with Gasteiger partial charge in [0.05, 0.1) is 18.2 Å². The second kappa shape index (κ2) is 5.53. The van der Waals surface area contributed by atoms with Gasteiger partial charge in [-0.05, 0) is 55.9 Å². The lowest BCUT2D eigenvalue weighted by Crippen LogP contribution is -2.14. The van der Waals surface area contributed by atoms with Crippen molar-refractivity contribution in [3.8, 4) is 0 Å². The standard InChI is InChI=1S/C17H22N2O2/c1-11-9-12(17(20)21-2)10-14-13-5-3-4-6-15(13)19(8-7-18)16(11)14/h9-10H,3-8,18H2,1-2H3. The van der Waals surface area contributed by atoms with Crippen molar-refractivity contribution in [1.82, 2.24) is 4.57 Å². The minimum absolute atomic E-state index is 0.267. The van der Waals surface area contributed by atoms with Crippen LogP contribution in [0.5, 0.6) is 0 Å². The average molecular weight is 286 g/mol. The maximum atomic E-state index is 11.9. The Bertz CT molecular complexity index is 701. The third kappa shape index (κ3) is 2.23. The van der Waals surface area contributed by atoms with Crippen LogP contribution in [0.1, 0.15) is 40.0 Å². The summed E-state index contributed by atoms with van der Waals surface area (Å²) in [6.45, 7) is 3.53. The van der Waals surface area contributed by atoms with Gasteiger partial charge < -0.3 is 15.0 Å². The molecule has 0 amide bonds. The van der Waals surface area contributed by atoms with Crippen LogP contribution < -0.4 is 5.73 Å². The highest BCUT2D eigenvalue weighted by molar-refractivity contribution is 5.98. The molecule has 4 nitrogen and oxygen atoms in total. The van der Waals surface area contributed by atoms with Gasteiger partial charge in [-0.15, -0.1) is 0 Å². The number of carbonyl (C=O) groups excluding carboxylic acids is 1. The first-order chi connectivity index (χ1) is 10.2. The molecule has 2 N–H and O–H groups in total. The predicted octanol–water partition coefficient (Wildman–Crippen LogP) is 2.57. The Kier molecular flexibility index (Phi) is 3.72. The number of methoxy groups -OCH3 is 1. The van der Waals surface area contributed by atoms with E-state index in [2.05, 4.69) is 11.5 Å². The van der Waals surface area contributed by atoms with Gasteiger partial charge >= 0.3 is 5.97 Å². The van der Waals surface area contributed by atoms with Gasteiger partial charge in [0.25, 0.3) is 0 Å². The topological polar surface area (TPSA) is 57.2 Å². The maximum Gasteiger partial charge on any atom is 0.337 e. The minimum Gasteiger partial charge on any atom is -0.465 e. The number of esters is 1. The number of fused-ring (bicyclic) bond motifs is 3. The first kappa shape index (κ1) is 14.1. The fourth-order valence-corrected chi connectivity index (χ4v) is 3.59. The first-order valence-corrected chi connectivity index (χ1v) is 7.60. The number of rotatable bonds is 3. The number of nitrogens with two attached hydrogens (primary N) is 1. The molecule has 1 aliphatic rings. The number of hydrogen-bond donors (Lipinski definition) is 1. The Labute approximate surface area is 124 Å². The van der Waals surface area contributed by atoms with Crippen LogP contribution in [0.3, 0.4) is 0 Å². The van der Waals surface area contributed by atoms with Gasteiger partial charge in [-0.25, -0.2) is 4.79 Å². The van der Waals surface area contributed by atoms with Crippen molar-refractivity contribution in [2.24, 2.45) is 5.73 Å². The fraction of sp³-hybridized carbons (Fsp3) is 0.471. The molecule has 1 aromatic heterocycles. The van der Waals surface area contributed by atoms with E-state index >= 15 is 0 Å². The van der Waals surface area contributed by atoms with E-state index in [1.165, 1.54) is 42.1 Å². The molecule has 1 aromatic carbocycles. The number of carbonyl (C=O) groups is 1. The van der Waals surface area contributed by atoms with Crippen molar-refractivity contribution >= 4 is 16.9 Å². The lowest BCUT2D eigenvalue weighted by molar-refractivity contribution is 0.0601. The van der Waals surface area contributed by atoms with Gasteiger partial charge in [0.2, 0.25) is 0 Å². The van der Waals surface area contributed by atoms with E-state index in [1.54, 1.807) is 0 Å². The molecule has 0 radical (unpaired) electrons. The predicted molar refractivity (Wildman–Crippen MR) is 83.7 cm³/mol. The molecule has 0 fully saturated rings. The zero-order valence-electron chi connectivity index (χ0n) is 12.7. The van der Waals surface area contributed by atoms with Crippen molar-refractivity contribution in [2.45, 2.75) is 39.2 Å². The Morgan fingerprint density at radius 1 is 1.33 bits per heavy atom. The first-order valence-electron chi connectivity index (χ1n) is 7.60. The Hall–Kier alpha value is -1.81. The van der Waals surface area contributed by atoms with E-state index in [0.29, 0.717) is 12.1 Å². The normalized spacial score (nSPS) is 14.2. The van der Waals surface area contributed by atoms with Crippen molar-refractivity contribution in [3.05, 3.63) is 34.5 Å². The fourth-order valence-electron chi connectivity index (χ4n) is 3.59. The SMILES string of the molecule is COC(=O)c1cc(C)c2c(c1)c1c(n2CCN)CCCC1. The van der Waals surface area contributed by atoms with Crippen LogP contribution in [0.2, 0.25) is 0 Å². The summed E-state index contributed by atoms with van der Waals surface area (Å²) in [6, 6.07) is 3.91. The molecule has 21 heavy (non-hydrogen) atoms. The van der Waals surface area contributed by atoms with Gasteiger partial charge in [0, 0.05) is 24.2 Å². The molecule has 0 aliphatic heterocycles. The van der Waals surface area contributed by atoms with Crippen LogP contribution in [-0.2, 0) is 24.1 Å². The quantitative estimate of drug-likeness (QED) is 0.882. The molecule has 0 unspecified atom stereocenters. The maximum absolute atomic E-state index is 11.9. The number of ether oxygens (including phenoxy) is 1. The third-order valence-electron chi connectivity index (χ3n) is 4.43. The number of aromatic nitrogens is 1. The van der Waals surface area contributed by atoms with Crippen LogP contribution in [0, 0.1) is 6.92 Å². The monoisotopic (exact) mass is 286 g/mol. The van der Waals surface area contributed by atoms with Gasteiger partial charge in [-0.1, -0.05) is 0 Å². The summed E-state index contributed by atoms with van der Waals surface area (Å²) in [4.78, 5) is 11.9. The summed E-state index contributed by atoms with van der Waals surface area (Å²) in [5.41, 5.74) is 11.6. The Balaban J connectivity index is 2.29. The minimum atomic E-state index is -0.267. The summed E-state index contributed by atoms with van der Waals surface area (Å²) in [5.74, 6) is -0.267. The van der Waals surface area contributed by atoms with Gasteiger partial charge in [-0.2, -0.15) is 0 Å². The summed E-state index contributed by atoms with van der Waals surface area (Å²) in [7, 11) is 1.43. The van der Waals surface area contributed by atoms with Gasteiger partial charge in [-0.3, -0.25) is 0 Å². The lowest BCUT2D eigenvalue weighted by Gasteiger charge is -2.15. The molecule has 3 rings (SSSR count). The van der Waals surface area contributed by atoms with E-state index in [-0.39, 0.29) is 5.97 Å². The smallest absolute Gasteiger partial charge is 0.337 e. The number of nitrogens with zero attached hydrogens (tertiary/aromatic N) is 1. The van der Waals surface area contributed by atoms with Gasteiger partial charge in [0.1, 0.15) is 0 Å². The molecule has 112 valence electrons. The summed E-state index contributed by atoms with van der Waals surface area (Å²) in [6.07, 6.45) is 4.65. The second-order valence-corrected chi connectivity index (χ2v) is 5.75. The molecule has 0 saturated heterocycles. The molecule has 2 aromatic rings. The van der Waals surface area contributed by atoms with E-state index in [9.17, 15) is 4.79 Å². The molecule has 0 saturated carbocycles. The van der Waals surface area contributed by atoms with Crippen LogP contribution in [0.25, 0.3) is 10.9 Å². The van der Waals surface area contributed by atoms with Crippen LogP contribution >= 0.6 is 0 Å². The van der Waals surface area contributed by atoms with Crippen molar-refractivity contribution in [2.75, 3.05) is 13.7 Å². The summed E-state index contributed by atoms with van der Waals surface area (Å²) in [5, 5.41) is 1.21. The number of hydrogen-bond acceptors (Lipinski definition) is 3. The number of benzene rings is 1. The highest BCUT2D eigenvalue weighted by Crippen LogP contribution is 2.34. The van der Waals surface area contributed by atoms with Crippen LogP contribution in [0.15, 0.2) is 12.1 Å². The molecular weight excluding hydrogens is 264 g/mol. The third-order valence-corrected chi connectivity index (χ3v) is 4.43. The molecule has 0 bridgehead atoms. The zero-order valence-corrected chi connectivity index (χ0v) is 12.7. The molecule has 0 spiro atoms. The zero-order chi connectivity index (χ0) is 15.0. The van der Waals surface area contributed by atoms with E-state index in [1.807, 2.05) is 12.1 Å². The molecule has 1 aliphatic carbocycles. The largest absolute Gasteiger partial charge is 0.465 e.